The number of allylic oxidation sites excluding steroid dienone is 1. The number of H-pyrrole nitrogens is 1. The van der Waals surface area contributed by atoms with Crippen molar-refractivity contribution in [3.05, 3.63) is 59.2 Å². The highest BCUT2D eigenvalue weighted by Gasteiger charge is 2.64. The highest BCUT2D eigenvalue weighted by molar-refractivity contribution is 5.88. The van der Waals surface area contributed by atoms with Crippen LogP contribution in [-0.2, 0) is 21.6 Å². The van der Waals surface area contributed by atoms with Gasteiger partial charge in [-0.25, -0.2) is 4.98 Å². The van der Waals surface area contributed by atoms with Crippen LogP contribution in [0.3, 0.4) is 0 Å². The van der Waals surface area contributed by atoms with Gasteiger partial charge in [-0.2, -0.15) is 13.2 Å². The number of nitrogens with one attached hydrogen (secondary N) is 1. The third-order valence-electron chi connectivity index (χ3n) is 5.68. The van der Waals surface area contributed by atoms with Crippen LogP contribution in [0.5, 0.6) is 0 Å². The lowest BCUT2D eigenvalue weighted by Gasteiger charge is -2.38. The highest BCUT2D eigenvalue weighted by atomic mass is 19.4. The lowest BCUT2D eigenvalue weighted by molar-refractivity contribution is -0.270. The number of aryl methyl sites for hydroxylation is 1. The van der Waals surface area contributed by atoms with Gasteiger partial charge < -0.3 is 14.6 Å². The van der Waals surface area contributed by atoms with Gasteiger partial charge in [-0.1, -0.05) is 36.4 Å². The summed E-state index contributed by atoms with van der Waals surface area (Å²) >= 11 is 0. The molecule has 0 unspecified atom stereocenters. The van der Waals surface area contributed by atoms with Gasteiger partial charge in [0.1, 0.15) is 5.82 Å². The molecule has 1 fully saturated rings. The van der Waals surface area contributed by atoms with Crippen molar-refractivity contribution in [2.75, 3.05) is 13.7 Å². The number of fused-ring (bicyclic) bond motifs is 1. The van der Waals surface area contributed by atoms with Crippen LogP contribution in [0.1, 0.15) is 48.1 Å². The molecule has 29 heavy (non-hydrogen) atoms. The van der Waals surface area contributed by atoms with E-state index < -0.39 is 23.7 Å². The number of aromatic amines is 1. The molecule has 1 aliphatic carbocycles. The van der Waals surface area contributed by atoms with Crippen LogP contribution >= 0.6 is 0 Å². The van der Waals surface area contributed by atoms with Crippen molar-refractivity contribution in [3.63, 3.8) is 0 Å². The minimum Gasteiger partial charge on any atom is -0.356 e. The van der Waals surface area contributed by atoms with Gasteiger partial charge in [0, 0.05) is 24.9 Å². The molecule has 0 radical (unpaired) electrons. The number of rotatable bonds is 4. The molecule has 1 aliphatic heterocycles. The number of benzene rings is 1. The zero-order valence-corrected chi connectivity index (χ0v) is 16.0. The number of halogens is 3. The van der Waals surface area contributed by atoms with E-state index in [1.54, 1.807) is 6.07 Å². The number of nitrogens with zero attached hydrogens (tertiary/aromatic N) is 2. The van der Waals surface area contributed by atoms with Crippen LogP contribution < -0.4 is 0 Å². The zero-order chi connectivity index (χ0) is 20.6. The van der Waals surface area contributed by atoms with Crippen molar-refractivity contribution >= 4 is 12.0 Å². The van der Waals surface area contributed by atoms with Gasteiger partial charge in [0.2, 0.25) is 0 Å². The van der Waals surface area contributed by atoms with Crippen LogP contribution in [0, 0.1) is 0 Å². The summed E-state index contributed by atoms with van der Waals surface area (Å²) in [7, 11) is 0.930. The molecule has 4 rings (SSSR count). The minimum absolute atomic E-state index is 0.221. The van der Waals surface area contributed by atoms with E-state index in [4.69, 9.17) is 4.74 Å². The Hall–Kier alpha value is -2.61. The normalized spacial score (nSPS) is 21.1. The summed E-state index contributed by atoms with van der Waals surface area (Å²) < 4.78 is 47.8. The average molecular weight is 405 g/mol. The second-order valence-electron chi connectivity index (χ2n) is 7.33. The van der Waals surface area contributed by atoms with E-state index in [1.165, 1.54) is 29.2 Å². The molecule has 8 heteroatoms. The van der Waals surface area contributed by atoms with Crippen molar-refractivity contribution in [3.8, 4) is 0 Å². The SMILES string of the molecule is CO[C@@](C(=O)N1CCC[C@H]1c1nc2c([nH]1)CCC=C2)(c1ccccc1)C(F)(F)F. The number of methoxy groups -OCH3 is 1. The maximum absolute atomic E-state index is 14.3. The largest absolute Gasteiger partial charge is 0.430 e. The average Bonchev–Trinajstić information content (AvgIpc) is 3.35. The summed E-state index contributed by atoms with van der Waals surface area (Å²) in [5, 5.41) is 0. The van der Waals surface area contributed by atoms with E-state index >= 15 is 0 Å². The third-order valence-corrected chi connectivity index (χ3v) is 5.68. The number of aromatic nitrogens is 2. The zero-order valence-electron chi connectivity index (χ0n) is 16.0. The predicted octanol–water partition coefficient (Wildman–Crippen LogP) is 4.14. The Balaban J connectivity index is 1.74. The van der Waals surface area contributed by atoms with Crippen molar-refractivity contribution in [1.29, 1.82) is 0 Å². The lowest BCUT2D eigenvalue weighted by atomic mass is 9.90. The van der Waals surface area contributed by atoms with Gasteiger partial charge in [0.05, 0.1) is 11.7 Å². The first-order chi connectivity index (χ1) is 13.9. The van der Waals surface area contributed by atoms with Crippen LogP contribution in [0.2, 0.25) is 0 Å². The fourth-order valence-corrected chi connectivity index (χ4v) is 4.25. The summed E-state index contributed by atoms with van der Waals surface area (Å²) in [6.07, 6.45) is 1.83. The summed E-state index contributed by atoms with van der Waals surface area (Å²) in [6, 6.07) is 6.55. The maximum Gasteiger partial charge on any atom is 0.430 e. The number of amides is 1. The van der Waals surface area contributed by atoms with Crippen LogP contribution in [0.4, 0.5) is 13.2 Å². The van der Waals surface area contributed by atoms with E-state index in [-0.39, 0.29) is 12.1 Å². The molecule has 2 heterocycles. The second-order valence-corrected chi connectivity index (χ2v) is 7.33. The van der Waals surface area contributed by atoms with E-state index in [9.17, 15) is 18.0 Å². The third kappa shape index (κ3) is 3.15. The van der Waals surface area contributed by atoms with E-state index in [2.05, 4.69) is 9.97 Å². The molecule has 0 saturated carbocycles. The van der Waals surface area contributed by atoms with Crippen LogP contribution in [0.25, 0.3) is 6.08 Å². The summed E-state index contributed by atoms with van der Waals surface area (Å²) in [6.45, 7) is 0.221. The van der Waals surface area contributed by atoms with Crippen molar-refractivity contribution in [1.82, 2.24) is 14.9 Å². The molecule has 5 nitrogen and oxygen atoms in total. The smallest absolute Gasteiger partial charge is 0.356 e. The molecule has 1 saturated heterocycles. The van der Waals surface area contributed by atoms with Crippen LogP contribution in [-0.4, -0.2) is 40.6 Å². The molecule has 2 atom stereocenters. The number of hydrogen-bond acceptors (Lipinski definition) is 3. The number of alkyl halides is 3. The first-order valence-electron chi connectivity index (χ1n) is 9.62. The Morgan fingerprint density at radius 1 is 1.28 bits per heavy atom. The number of carbonyl (C=O) groups excluding carboxylic acids is 1. The molecule has 0 bridgehead atoms. The van der Waals surface area contributed by atoms with E-state index in [0.717, 1.165) is 31.3 Å². The van der Waals surface area contributed by atoms with Gasteiger partial charge in [0.15, 0.2) is 0 Å². The Labute approximate surface area is 166 Å². The fourth-order valence-electron chi connectivity index (χ4n) is 4.25. The Morgan fingerprint density at radius 2 is 2.03 bits per heavy atom. The van der Waals surface area contributed by atoms with Gasteiger partial charge in [-0.05, 0) is 31.8 Å². The Morgan fingerprint density at radius 3 is 2.69 bits per heavy atom. The molecule has 0 spiro atoms. The molecule has 1 amide bonds. The van der Waals surface area contributed by atoms with E-state index in [1.807, 2.05) is 12.2 Å². The summed E-state index contributed by atoms with van der Waals surface area (Å²) in [5.74, 6) is -0.571. The fraction of sp³-hybridized carbons (Fsp3) is 0.429. The summed E-state index contributed by atoms with van der Waals surface area (Å²) in [5.41, 5.74) is -1.53. The molecule has 154 valence electrons. The lowest BCUT2D eigenvalue weighted by Crippen LogP contribution is -2.56. The molecule has 2 aliphatic rings. The first kappa shape index (κ1) is 19.7. The monoisotopic (exact) mass is 405 g/mol. The Bertz CT molecular complexity index is 923. The van der Waals surface area contributed by atoms with Crippen molar-refractivity contribution < 1.29 is 22.7 Å². The van der Waals surface area contributed by atoms with Gasteiger partial charge in [-0.3, -0.25) is 4.79 Å². The second kappa shape index (κ2) is 7.33. The number of carbonyl (C=O) groups is 1. The molecule has 1 aromatic carbocycles. The van der Waals surface area contributed by atoms with Crippen molar-refractivity contribution in [2.24, 2.45) is 0 Å². The maximum atomic E-state index is 14.3. The topological polar surface area (TPSA) is 58.2 Å². The summed E-state index contributed by atoms with van der Waals surface area (Å²) in [4.78, 5) is 22.4. The highest BCUT2D eigenvalue weighted by Crippen LogP contribution is 2.46. The number of ether oxygens (including phenoxy) is 1. The number of hydrogen-bond donors (Lipinski definition) is 1. The number of likely N-dealkylation sites (tertiary alicyclic amines) is 1. The molecular formula is C21H22F3N3O2. The van der Waals surface area contributed by atoms with E-state index in [0.29, 0.717) is 18.7 Å². The quantitative estimate of drug-likeness (QED) is 0.832. The predicted molar refractivity (Wildman–Crippen MR) is 101 cm³/mol. The van der Waals surface area contributed by atoms with Crippen LogP contribution in [0.15, 0.2) is 36.4 Å². The van der Waals surface area contributed by atoms with Gasteiger partial charge in [0.25, 0.3) is 11.5 Å². The Kier molecular flexibility index (Phi) is 4.98. The molecule has 1 N–H and O–H groups in total. The van der Waals surface area contributed by atoms with Gasteiger partial charge >= 0.3 is 6.18 Å². The van der Waals surface area contributed by atoms with Crippen molar-refractivity contribution in [2.45, 2.75) is 43.5 Å². The minimum atomic E-state index is -4.92. The molecule has 1 aromatic heterocycles. The number of imidazole rings is 1. The van der Waals surface area contributed by atoms with Gasteiger partial charge in [-0.15, -0.1) is 0 Å². The molecular weight excluding hydrogens is 383 g/mol. The first-order valence-corrected chi connectivity index (χ1v) is 9.62. The molecule has 2 aromatic rings. The standard InChI is InChI=1S/C21H22F3N3O2/c1-29-20(21(22,23)24,14-8-3-2-4-9-14)19(28)27-13-7-12-17(27)18-25-15-10-5-6-11-16(15)26-18/h2-5,8-10,17H,6-7,11-13H2,1H3,(H,25,26)/t17-,20+/m0/s1.